The first-order valence-corrected chi connectivity index (χ1v) is 19.7. The predicted molar refractivity (Wildman–Crippen MR) is 220 cm³/mol. The SMILES string of the molecule is CC1(C)OB(c2ccc(C(=O)O)cc2)OC1(C)C.CCOC(=O)c1cnc(N)s1.CCOC(=O)c1cnc(NC(=O)c2ccc(B3OC(C)(C)C(C)(C)O3)cc2)s1. The molecule has 2 aromatic heterocycles. The molecule has 1 amide bonds. The van der Waals surface area contributed by atoms with Crippen molar-refractivity contribution in [3.8, 4) is 0 Å². The molecule has 0 aliphatic carbocycles. The number of aromatic carboxylic acids is 1. The fraction of sp³-hybridized carbons (Fsp3) is 0.421. The smallest absolute Gasteiger partial charge is 0.478 e. The lowest BCUT2D eigenvalue weighted by molar-refractivity contribution is 0.00578. The zero-order valence-electron chi connectivity index (χ0n) is 33.7. The van der Waals surface area contributed by atoms with Gasteiger partial charge in [-0.25, -0.2) is 24.4 Å². The van der Waals surface area contributed by atoms with Crippen LogP contribution in [0.25, 0.3) is 0 Å². The molecule has 15 nitrogen and oxygen atoms in total. The van der Waals surface area contributed by atoms with Gasteiger partial charge in [0.15, 0.2) is 10.3 Å². The predicted octanol–water partition coefficient (Wildman–Crippen LogP) is 5.46. The van der Waals surface area contributed by atoms with Gasteiger partial charge in [-0.3, -0.25) is 10.1 Å². The number of carbonyl (C=O) groups excluding carboxylic acids is 3. The quantitative estimate of drug-likeness (QED) is 0.142. The van der Waals surface area contributed by atoms with Crippen LogP contribution in [0.3, 0.4) is 0 Å². The summed E-state index contributed by atoms with van der Waals surface area (Å²) >= 11 is 2.20. The van der Waals surface area contributed by atoms with Crippen LogP contribution < -0.4 is 22.0 Å². The van der Waals surface area contributed by atoms with Gasteiger partial charge in [0.05, 0.1) is 53.6 Å². The van der Waals surface area contributed by atoms with E-state index >= 15 is 0 Å². The lowest BCUT2D eigenvalue weighted by Crippen LogP contribution is -2.41. The first-order valence-electron chi connectivity index (χ1n) is 18.1. The molecule has 0 bridgehead atoms. The molecule has 2 fully saturated rings. The van der Waals surface area contributed by atoms with Crippen molar-refractivity contribution in [2.45, 2.75) is 91.6 Å². The van der Waals surface area contributed by atoms with Crippen molar-refractivity contribution in [3.63, 3.8) is 0 Å². The molecule has 6 rings (SSSR count). The highest BCUT2D eigenvalue weighted by Crippen LogP contribution is 2.37. The Bertz CT molecular complexity index is 2000. The van der Waals surface area contributed by atoms with Crippen molar-refractivity contribution in [1.82, 2.24) is 9.97 Å². The second-order valence-corrected chi connectivity index (χ2v) is 16.8. The molecule has 4 N–H and O–H groups in total. The zero-order chi connectivity index (χ0) is 42.3. The summed E-state index contributed by atoms with van der Waals surface area (Å²) in [6.07, 6.45) is 2.80. The van der Waals surface area contributed by atoms with E-state index in [1.807, 2.05) is 67.5 Å². The van der Waals surface area contributed by atoms with Gasteiger partial charge in [-0.2, -0.15) is 0 Å². The summed E-state index contributed by atoms with van der Waals surface area (Å²) in [5.74, 6) is -2.06. The Morgan fingerprint density at radius 1 is 0.667 bits per heavy atom. The molecule has 4 heterocycles. The van der Waals surface area contributed by atoms with E-state index in [4.69, 9.17) is 38.9 Å². The van der Waals surface area contributed by atoms with Crippen LogP contribution in [0.2, 0.25) is 0 Å². The van der Waals surface area contributed by atoms with E-state index in [1.54, 1.807) is 50.2 Å². The number of anilines is 2. The number of ether oxygens (including phenoxy) is 2. The van der Waals surface area contributed by atoms with E-state index in [-0.39, 0.29) is 35.2 Å². The second-order valence-electron chi connectivity index (χ2n) is 14.7. The number of esters is 2. The van der Waals surface area contributed by atoms with E-state index in [0.717, 1.165) is 33.6 Å². The molecule has 0 saturated carbocycles. The maximum absolute atomic E-state index is 12.4. The Balaban J connectivity index is 0.000000211. The average molecular weight is 823 g/mol. The number of nitrogens with zero attached hydrogens (tertiary/aromatic N) is 2. The van der Waals surface area contributed by atoms with Crippen molar-refractivity contribution in [2.75, 3.05) is 24.3 Å². The van der Waals surface area contributed by atoms with Crippen molar-refractivity contribution in [1.29, 1.82) is 0 Å². The first kappa shape index (κ1) is 45.1. The molecular formula is C38H48B2N4O11S2. The maximum Gasteiger partial charge on any atom is 0.494 e. The van der Waals surface area contributed by atoms with Crippen LogP contribution in [-0.4, -0.2) is 88.7 Å². The zero-order valence-corrected chi connectivity index (χ0v) is 35.3. The van der Waals surface area contributed by atoms with Crippen LogP contribution in [0.5, 0.6) is 0 Å². The topological polar surface area (TPSA) is 208 Å². The number of hydrogen-bond donors (Lipinski definition) is 3. The molecule has 19 heteroatoms. The van der Waals surface area contributed by atoms with Gasteiger partial charge in [0.1, 0.15) is 9.75 Å². The lowest BCUT2D eigenvalue weighted by atomic mass is 9.79. The number of carboxylic acids is 1. The van der Waals surface area contributed by atoms with Crippen LogP contribution in [0.1, 0.15) is 109 Å². The van der Waals surface area contributed by atoms with Crippen molar-refractivity contribution in [3.05, 3.63) is 81.8 Å². The molecular weight excluding hydrogens is 774 g/mol. The van der Waals surface area contributed by atoms with Gasteiger partial charge >= 0.3 is 32.1 Å². The standard InChI is InChI=1S/C19H23BN2O5S.C13H17BO4.C6H8N2O2S/c1-6-25-16(24)14-11-21-17(28-14)22-15(23)12-7-9-13(10-8-12)20-26-18(2,3)19(4,5)27-20;1-12(2)13(3,4)18-14(17-12)10-7-5-9(6-8-10)11(15)16;1-2-10-5(9)4-3-8-6(7)11-4/h7-11H,6H2,1-5H3,(H,21,22,23);5-8H,1-4H3,(H,15,16);3H,2H2,1H3,(H2,7,8). The minimum absolute atomic E-state index is 0.260. The largest absolute Gasteiger partial charge is 0.494 e. The number of carbonyl (C=O) groups is 4. The summed E-state index contributed by atoms with van der Waals surface area (Å²) in [5.41, 5.74) is 6.10. The maximum atomic E-state index is 12.4. The summed E-state index contributed by atoms with van der Waals surface area (Å²) in [6.45, 7) is 20.1. The molecule has 4 aromatic rings. The van der Waals surface area contributed by atoms with Gasteiger partial charge in [-0.05, 0) is 104 Å². The Morgan fingerprint density at radius 3 is 1.42 bits per heavy atom. The Morgan fingerprint density at radius 2 is 1.05 bits per heavy atom. The molecule has 2 aliphatic heterocycles. The van der Waals surface area contributed by atoms with Crippen molar-refractivity contribution >= 4 is 81.9 Å². The average Bonchev–Trinajstić information content (AvgIpc) is 3.89. The number of hydrogen-bond acceptors (Lipinski definition) is 15. The highest BCUT2D eigenvalue weighted by atomic mass is 32.1. The Hall–Kier alpha value is -4.65. The highest BCUT2D eigenvalue weighted by Gasteiger charge is 2.52. The van der Waals surface area contributed by atoms with E-state index < -0.39 is 37.4 Å². The molecule has 2 aliphatic rings. The molecule has 0 radical (unpaired) electrons. The van der Waals surface area contributed by atoms with Crippen molar-refractivity contribution in [2.24, 2.45) is 0 Å². The number of aromatic nitrogens is 2. The number of carboxylic acid groups (broad SMARTS) is 1. The van der Waals surface area contributed by atoms with Crippen LogP contribution in [0, 0.1) is 0 Å². The Kier molecular flexibility index (Phi) is 14.5. The molecule has 57 heavy (non-hydrogen) atoms. The minimum atomic E-state index is -0.935. The molecule has 2 saturated heterocycles. The number of nitrogen functional groups attached to an aromatic ring is 1. The second kappa shape index (κ2) is 18.3. The van der Waals surface area contributed by atoms with Gasteiger partial charge in [0, 0.05) is 5.56 Å². The first-order chi connectivity index (χ1) is 26.6. The number of amides is 1. The summed E-state index contributed by atoms with van der Waals surface area (Å²) in [4.78, 5) is 54.4. The Labute approximate surface area is 340 Å². The summed E-state index contributed by atoms with van der Waals surface area (Å²) in [6, 6.07) is 13.6. The third-order valence-electron chi connectivity index (χ3n) is 9.58. The summed E-state index contributed by atoms with van der Waals surface area (Å²) in [5, 5.41) is 12.3. The lowest BCUT2D eigenvalue weighted by Gasteiger charge is -2.32. The van der Waals surface area contributed by atoms with Gasteiger partial charge in [-0.1, -0.05) is 46.9 Å². The minimum Gasteiger partial charge on any atom is -0.478 e. The van der Waals surface area contributed by atoms with Gasteiger partial charge in [0.2, 0.25) is 0 Å². The fourth-order valence-electron chi connectivity index (χ4n) is 4.91. The van der Waals surface area contributed by atoms with Gasteiger partial charge in [-0.15, -0.1) is 0 Å². The normalized spacial score (nSPS) is 17.0. The van der Waals surface area contributed by atoms with Gasteiger partial charge in [0.25, 0.3) is 5.91 Å². The molecule has 304 valence electrons. The van der Waals surface area contributed by atoms with Gasteiger partial charge < -0.3 is 38.9 Å². The van der Waals surface area contributed by atoms with Crippen LogP contribution in [0.4, 0.5) is 10.3 Å². The summed E-state index contributed by atoms with van der Waals surface area (Å²) < 4.78 is 33.4. The third kappa shape index (κ3) is 11.3. The van der Waals surface area contributed by atoms with Crippen LogP contribution in [-0.2, 0) is 28.1 Å². The van der Waals surface area contributed by atoms with E-state index in [2.05, 4.69) is 15.3 Å². The third-order valence-corrected chi connectivity index (χ3v) is 11.3. The number of nitrogens with one attached hydrogen (secondary N) is 1. The summed E-state index contributed by atoms with van der Waals surface area (Å²) in [7, 11) is -0.925. The number of benzene rings is 2. The van der Waals surface area contributed by atoms with Crippen molar-refractivity contribution < 1.29 is 52.4 Å². The molecule has 0 spiro atoms. The molecule has 0 unspecified atom stereocenters. The van der Waals surface area contributed by atoms with Crippen LogP contribution in [0.15, 0.2) is 60.9 Å². The highest BCUT2D eigenvalue weighted by molar-refractivity contribution is 7.17. The van der Waals surface area contributed by atoms with Crippen LogP contribution >= 0.6 is 22.7 Å². The van der Waals surface area contributed by atoms with E-state index in [1.165, 1.54) is 12.4 Å². The number of nitrogens with two attached hydrogens (primary N) is 1. The molecule has 2 aromatic carbocycles. The fourth-order valence-corrected chi connectivity index (χ4v) is 6.20. The molecule has 0 atom stereocenters. The monoisotopic (exact) mass is 822 g/mol. The van der Waals surface area contributed by atoms with E-state index in [0.29, 0.717) is 32.2 Å². The number of rotatable bonds is 9. The number of thiazole rings is 2. The van der Waals surface area contributed by atoms with E-state index in [9.17, 15) is 19.2 Å².